The maximum atomic E-state index is 11.2. The number of nitrogens with one attached hydrogen (secondary N) is 1. The Morgan fingerprint density at radius 2 is 2.29 bits per heavy atom. The third-order valence-electron chi connectivity index (χ3n) is 2.40. The van der Waals surface area contributed by atoms with E-state index in [4.69, 9.17) is 0 Å². The molecule has 0 aliphatic rings. The summed E-state index contributed by atoms with van der Waals surface area (Å²) in [7, 11) is 1.25. The second-order valence-corrected chi connectivity index (χ2v) is 4.18. The first-order valence-corrected chi connectivity index (χ1v) is 5.39. The predicted octanol–water partition coefficient (Wildman–Crippen LogP) is 0.404. The van der Waals surface area contributed by atoms with Gasteiger partial charge in [0.25, 0.3) is 0 Å². The van der Waals surface area contributed by atoms with Gasteiger partial charge in [-0.25, -0.2) is 4.79 Å². The molecule has 5 nitrogen and oxygen atoms in total. The van der Waals surface area contributed by atoms with Gasteiger partial charge < -0.3 is 15.2 Å². The van der Waals surface area contributed by atoms with Crippen LogP contribution in [0.3, 0.4) is 0 Å². The van der Waals surface area contributed by atoms with Crippen LogP contribution in [0.5, 0.6) is 0 Å². The van der Waals surface area contributed by atoms with Crippen LogP contribution in [0.2, 0.25) is 0 Å². The predicted molar refractivity (Wildman–Crippen MR) is 63.3 cm³/mol. The van der Waals surface area contributed by atoms with Crippen LogP contribution in [0.15, 0.2) is 18.3 Å². The average Bonchev–Trinajstić information content (AvgIpc) is 2.30. The number of hydrogen-bond donors (Lipinski definition) is 2. The molecule has 1 aromatic rings. The summed E-state index contributed by atoms with van der Waals surface area (Å²) in [5.41, 5.74) is 0.443. The van der Waals surface area contributed by atoms with Gasteiger partial charge in [0.2, 0.25) is 0 Å². The summed E-state index contributed by atoms with van der Waals surface area (Å²) in [4.78, 5) is 15.3. The second-order valence-electron chi connectivity index (χ2n) is 4.18. The first-order chi connectivity index (χ1) is 7.95. The molecule has 0 amide bonds. The Morgan fingerprint density at radius 1 is 1.59 bits per heavy atom. The van der Waals surface area contributed by atoms with E-state index in [1.165, 1.54) is 14.0 Å². The third kappa shape index (κ3) is 4.13. The molecule has 1 aromatic heterocycles. The van der Waals surface area contributed by atoms with Crippen molar-refractivity contribution in [2.75, 3.05) is 13.7 Å². The van der Waals surface area contributed by atoms with E-state index in [1.54, 1.807) is 6.20 Å². The summed E-state index contributed by atoms with van der Waals surface area (Å²) in [6.07, 6.45) is 1.76. The highest BCUT2D eigenvalue weighted by atomic mass is 16.5. The van der Waals surface area contributed by atoms with Crippen molar-refractivity contribution in [3.8, 4) is 0 Å². The van der Waals surface area contributed by atoms with Crippen molar-refractivity contribution in [1.29, 1.82) is 0 Å². The maximum Gasteiger partial charge on any atom is 0.338 e. The van der Waals surface area contributed by atoms with E-state index in [1.807, 2.05) is 19.1 Å². The first-order valence-electron chi connectivity index (χ1n) is 5.39. The van der Waals surface area contributed by atoms with E-state index >= 15 is 0 Å². The van der Waals surface area contributed by atoms with Gasteiger partial charge in [0.15, 0.2) is 5.60 Å². The third-order valence-corrected chi connectivity index (χ3v) is 2.40. The number of aliphatic hydroxyl groups is 1. The number of esters is 1. The number of carbonyl (C=O) groups excluding carboxylic acids is 1. The van der Waals surface area contributed by atoms with E-state index in [2.05, 4.69) is 15.0 Å². The molecular formula is C12H18N2O3. The highest BCUT2D eigenvalue weighted by molar-refractivity contribution is 5.78. The largest absolute Gasteiger partial charge is 0.467 e. The van der Waals surface area contributed by atoms with Crippen molar-refractivity contribution >= 4 is 5.97 Å². The number of pyridine rings is 1. The highest BCUT2D eigenvalue weighted by Crippen LogP contribution is 2.05. The summed E-state index contributed by atoms with van der Waals surface area (Å²) in [6, 6.07) is 3.86. The topological polar surface area (TPSA) is 71.5 Å². The summed E-state index contributed by atoms with van der Waals surface area (Å²) in [6.45, 7) is 4.01. The number of methoxy groups -OCH3 is 1. The van der Waals surface area contributed by atoms with Crippen molar-refractivity contribution in [2.45, 2.75) is 26.0 Å². The molecular weight excluding hydrogens is 220 g/mol. The molecule has 1 rings (SSSR count). The Hall–Kier alpha value is -1.46. The lowest BCUT2D eigenvalue weighted by atomic mass is 10.1. The van der Waals surface area contributed by atoms with Gasteiger partial charge in [0.1, 0.15) is 0 Å². The Labute approximate surface area is 101 Å². The molecule has 0 aromatic carbocycles. The summed E-state index contributed by atoms with van der Waals surface area (Å²) in [5.74, 6) is -0.646. The van der Waals surface area contributed by atoms with Crippen LogP contribution >= 0.6 is 0 Å². The molecule has 94 valence electrons. The van der Waals surface area contributed by atoms with Crippen molar-refractivity contribution < 1.29 is 14.6 Å². The van der Waals surface area contributed by atoms with Gasteiger partial charge in [-0.15, -0.1) is 0 Å². The van der Waals surface area contributed by atoms with Gasteiger partial charge in [-0.3, -0.25) is 4.98 Å². The molecule has 0 bridgehead atoms. The maximum absolute atomic E-state index is 11.2. The summed E-state index contributed by atoms with van der Waals surface area (Å²) in [5, 5.41) is 12.7. The van der Waals surface area contributed by atoms with Gasteiger partial charge >= 0.3 is 5.97 Å². The molecule has 1 unspecified atom stereocenters. The standard InChI is InChI=1S/C12H18N2O3/c1-9-4-5-10(7-14-9)6-13-8-12(2,16)11(15)17-3/h4-5,7,13,16H,6,8H2,1-3H3. The number of ether oxygens (including phenoxy) is 1. The monoisotopic (exact) mass is 238 g/mol. The SMILES string of the molecule is COC(=O)C(C)(O)CNCc1ccc(C)nc1. The zero-order valence-corrected chi connectivity index (χ0v) is 10.4. The van der Waals surface area contributed by atoms with Gasteiger partial charge in [-0.1, -0.05) is 6.07 Å². The minimum absolute atomic E-state index is 0.132. The molecule has 0 saturated carbocycles. The zero-order valence-electron chi connectivity index (χ0n) is 10.4. The molecule has 0 radical (unpaired) electrons. The number of nitrogens with zero attached hydrogens (tertiary/aromatic N) is 1. The fraction of sp³-hybridized carbons (Fsp3) is 0.500. The molecule has 0 aliphatic heterocycles. The smallest absolute Gasteiger partial charge is 0.338 e. The van der Waals surface area contributed by atoms with Crippen molar-refractivity contribution in [3.05, 3.63) is 29.6 Å². The average molecular weight is 238 g/mol. The zero-order chi connectivity index (χ0) is 12.9. The Balaban J connectivity index is 2.42. The van der Waals surface area contributed by atoms with Gasteiger partial charge in [0.05, 0.1) is 7.11 Å². The number of hydrogen-bond acceptors (Lipinski definition) is 5. The molecule has 1 atom stereocenters. The van der Waals surface area contributed by atoms with E-state index < -0.39 is 11.6 Å². The van der Waals surface area contributed by atoms with Crippen LogP contribution in [-0.4, -0.2) is 35.3 Å². The molecule has 0 saturated heterocycles. The molecule has 5 heteroatoms. The second kappa shape index (κ2) is 5.75. The van der Waals surface area contributed by atoms with Crippen LogP contribution in [0, 0.1) is 6.92 Å². The lowest BCUT2D eigenvalue weighted by Crippen LogP contribution is -2.45. The van der Waals surface area contributed by atoms with Crippen LogP contribution in [0.25, 0.3) is 0 Å². The van der Waals surface area contributed by atoms with E-state index in [0.717, 1.165) is 11.3 Å². The molecule has 0 fully saturated rings. The van der Waals surface area contributed by atoms with Crippen molar-refractivity contribution in [1.82, 2.24) is 10.3 Å². The summed E-state index contributed by atoms with van der Waals surface area (Å²) < 4.78 is 4.49. The quantitative estimate of drug-likeness (QED) is 0.727. The minimum Gasteiger partial charge on any atom is -0.467 e. The van der Waals surface area contributed by atoms with Crippen molar-refractivity contribution in [2.24, 2.45) is 0 Å². The van der Waals surface area contributed by atoms with E-state index in [9.17, 15) is 9.90 Å². The fourth-order valence-corrected chi connectivity index (χ4v) is 1.35. The number of aryl methyl sites for hydroxylation is 1. The highest BCUT2D eigenvalue weighted by Gasteiger charge is 2.30. The van der Waals surface area contributed by atoms with Crippen LogP contribution in [0.1, 0.15) is 18.2 Å². The molecule has 0 aliphatic carbocycles. The van der Waals surface area contributed by atoms with Crippen LogP contribution in [-0.2, 0) is 16.1 Å². The van der Waals surface area contributed by atoms with Gasteiger partial charge in [0, 0.05) is 25.0 Å². The Bertz CT molecular complexity index is 374. The molecule has 1 heterocycles. The lowest BCUT2D eigenvalue weighted by Gasteiger charge is -2.20. The fourth-order valence-electron chi connectivity index (χ4n) is 1.35. The number of carbonyl (C=O) groups is 1. The van der Waals surface area contributed by atoms with Gasteiger partial charge in [-0.2, -0.15) is 0 Å². The van der Waals surface area contributed by atoms with Gasteiger partial charge in [-0.05, 0) is 25.5 Å². The molecule has 2 N–H and O–H groups in total. The van der Waals surface area contributed by atoms with Crippen LogP contribution in [0.4, 0.5) is 0 Å². The number of rotatable bonds is 5. The van der Waals surface area contributed by atoms with Crippen molar-refractivity contribution in [3.63, 3.8) is 0 Å². The lowest BCUT2D eigenvalue weighted by molar-refractivity contribution is -0.159. The van der Waals surface area contributed by atoms with E-state index in [0.29, 0.717) is 6.54 Å². The number of aromatic nitrogens is 1. The Morgan fingerprint density at radius 3 is 2.82 bits per heavy atom. The van der Waals surface area contributed by atoms with E-state index in [-0.39, 0.29) is 6.54 Å². The molecule has 17 heavy (non-hydrogen) atoms. The summed E-state index contributed by atoms with van der Waals surface area (Å²) >= 11 is 0. The molecule has 0 spiro atoms. The minimum atomic E-state index is -1.51. The first kappa shape index (κ1) is 13.6. The normalized spacial score (nSPS) is 14.1. The Kier molecular flexibility index (Phi) is 4.60. The van der Waals surface area contributed by atoms with Crippen LogP contribution < -0.4 is 5.32 Å².